The van der Waals surface area contributed by atoms with E-state index in [9.17, 15) is 4.20 Å². The highest BCUT2D eigenvalue weighted by Crippen LogP contribution is 2.54. The average molecular weight is 227 g/mol. The molecule has 0 unspecified atom stereocenters. The van der Waals surface area contributed by atoms with Gasteiger partial charge in [0.1, 0.15) is 0 Å². The Balaban J connectivity index is 4.66. The van der Waals surface area contributed by atoms with Crippen LogP contribution in [0.4, 0.5) is 4.20 Å². The predicted molar refractivity (Wildman–Crippen MR) is 57.1 cm³/mol. The molecule has 0 aliphatic rings. The second-order valence-corrected chi connectivity index (χ2v) is 10.1. The molecule has 0 aromatic heterocycles. The van der Waals surface area contributed by atoms with Gasteiger partial charge in [0.05, 0.1) is 13.2 Å². The van der Waals surface area contributed by atoms with Gasteiger partial charge in [-0.3, -0.25) is 4.41 Å². The molecule has 0 saturated carbocycles. The third-order valence-corrected chi connectivity index (χ3v) is 5.51. The van der Waals surface area contributed by atoms with Crippen LogP contribution >= 0.6 is 7.82 Å². The predicted octanol–water partition coefficient (Wildman–Crippen LogP) is 3.81. The summed E-state index contributed by atoms with van der Waals surface area (Å²) < 4.78 is 27.8. The van der Waals surface area contributed by atoms with Gasteiger partial charge in [0, 0.05) is 0 Å². The highest BCUT2D eigenvalue weighted by Gasteiger charge is 2.25. The first-order valence-corrected chi connectivity index (χ1v) is 9.36. The van der Waals surface area contributed by atoms with E-state index in [-0.39, 0.29) is 0 Å². The van der Waals surface area contributed by atoms with Gasteiger partial charge in [-0.2, -0.15) is 4.20 Å². The number of hydrogen-bond acceptors (Lipinski definition) is 3. The van der Waals surface area contributed by atoms with E-state index >= 15 is 0 Å². The van der Waals surface area contributed by atoms with E-state index in [4.69, 9.17) is 9.05 Å². The van der Waals surface area contributed by atoms with Gasteiger partial charge < -0.3 is 9.05 Å². The molecule has 0 atom stereocenters. The molecular weight excluding hydrogens is 208 g/mol. The third kappa shape index (κ3) is 6.38. The molecule has 0 saturated heterocycles. The first-order chi connectivity index (χ1) is 5.83. The number of halogens is 1. The third-order valence-electron chi connectivity index (χ3n) is 0.996. The van der Waals surface area contributed by atoms with Crippen molar-refractivity contribution in [3.8, 4) is 0 Å². The van der Waals surface area contributed by atoms with Crippen molar-refractivity contribution in [3.63, 3.8) is 0 Å². The van der Waals surface area contributed by atoms with Crippen molar-refractivity contribution in [1.82, 2.24) is 0 Å². The molecule has 0 fully saturated rings. The minimum Gasteiger partial charge on any atom is -0.300 e. The molecule has 13 heavy (non-hydrogen) atoms. The lowest BCUT2D eigenvalue weighted by atomic mass is 10.9. The van der Waals surface area contributed by atoms with Crippen LogP contribution in [0.1, 0.15) is 13.8 Å². The maximum atomic E-state index is 13.8. The Bertz CT molecular complexity index is 195. The maximum absolute atomic E-state index is 13.8. The van der Waals surface area contributed by atoms with E-state index in [0.717, 1.165) is 0 Å². The van der Waals surface area contributed by atoms with Crippen LogP contribution in [0.2, 0.25) is 19.6 Å². The second-order valence-electron chi connectivity index (χ2n) is 3.56. The Labute approximate surface area is 81.1 Å². The summed E-state index contributed by atoms with van der Waals surface area (Å²) in [6.45, 7) is 9.97. The average Bonchev–Trinajstić information content (AvgIpc) is 1.82. The minimum atomic E-state index is -3.40. The molecule has 0 bridgehead atoms. The maximum Gasteiger partial charge on any atom is 0.385 e. The van der Waals surface area contributed by atoms with Crippen molar-refractivity contribution in [2.24, 2.45) is 4.41 Å². The molecule has 0 heterocycles. The van der Waals surface area contributed by atoms with Gasteiger partial charge in [-0.15, -0.1) is 0 Å². The zero-order valence-electron chi connectivity index (χ0n) is 9.00. The lowest BCUT2D eigenvalue weighted by molar-refractivity contribution is 0.230. The first kappa shape index (κ1) is 13.3. The summed E-state index contributed by atoms with van der Waals surface area (Å²) in [5, 5.41) is 0. The van der Waals surface area contributed by atoms with E-state index in [2.05, 4.69) is 4.41 Å². The second kappa shape index (κ2) is 5.25. The summed E-state index contributed by atoms with van der Waals surface area (Å²) >= 11 is 0. The smallest absolute Gasteiger partial charge is 0.300 e. The van der Waals surface area contributed by atoms with Crippen molar-refractivity contribution in [3.05, 3.63) is 0 Å². The molecule has 0 aliphatic heterocycles. The van der Waals surface area contributed by atoms with Gasteiger partial charge in [-0.05, 0) is 33.5 Å². The van der Waals surface area contributed by atoms with E-state index in [1.807, 2.05) is 19.6 Å². The Hall–Kier alpha value is 0.297. The largest absolute Gasteiger partial charge is 0.385 e. The summed E-state index contributed by atoms with van der Waals surface area (Å²) in [6, 6.07) is 0. The van der Waals surface area contributed by atoms with E-state index < -0.39 is 16.1 Å². The van der Waals surface area contributed by atoms with E-state index in [1.165, 1.54) is 0 Å². The molecule has 0 aliphatic carbocycles. The van der Waals surface area contributed by atoms with Crippen molar-refractivity contribution in [2.75, 3.05) is 13.2 Å². The van der Waals surface area contributed by atoms with Crippen LogP contribution in [-0.2, 0) is 9.05 Å². The fourth-order valence-corrected chi connectivity index (χ4v) is 4.81. The Morgan fingerprint density at radius 1 is 1.15 bits per heavy atom. The van der Waals surface area contributed by atoms with E-state index in [0.29, 0.717) is 13.2 Å². The summed E-state index contributed by atoms with van der Waals surface area (Å²) in [4.78, 5) is 0. The lowest BCUT2D eigenvalue weighted by Gasteiger charge is -2.18. The van der Waals surface area contributed by atoms with Gasteiger partial charge in [0.15, 0.2) is 8.24 Å². The quantitative estimate of drug-likeness (QED) is 0.528. The molecule has 0 N–H and O–H groups in total. The minimum absolute atomic E-state index is 0.304. The van der Waals surface area contributed by atoms with Crippen LogP contribution in [0.5, 0.6) is 0 Å². The Kier molecular flexibility index (Phi) is 5.37. The van der Waals surface area contributed by atoms with Crippen molar-refractivity contribution < 1.29 is 13.2 Å². The fraction of sp³-hybridized carbons (Fsp3) is 1.00. The number of rotatable bonds is 5. The molecule has 0 aromatic carbocycles. The molecule has 3 nitrogen and oxygen atoms in total. The molecule has 80 valence electrons. The first-order valence-electron chi connectivity index (χ1n) is 4.45. The van der Waals surface area contributed by atoms with Crippen LogP contribution in [0, 0.1) is 0 Å². The Morgan fingerprint density at radius 2 is 1.54 bits per heavy atom. The van der Waals surface area contributed by atoms with Crippen LogP contribution in [-0.4, -0.2) is 21.4 Å². The normalized spacial score (nSPS) is 13.1. The molecule has 0 rings (SSSR count). The van der Waals surface area contributed by atoms with Crippen LogP contribution in [0.3, 0.4) is 0 Å². The summed E-state index contributed by atoms with van der Waals surface area (Å²) in [5.41, 5.74) is 0. The van der Waals surface area contributed by atoms with Crippen LogP contribution in [0.15, 0.2) is 4.41 Å². The van der Waals surface area contributed by atoms with Crippen molar-refractivity contribution >= 4 is 16.1 Å². The van der Waals surface area contributed by atoms with Gasteiger partial charge in [0.2, 0.25) is 0 Å². The molecular formula is C7H19FNO2PSi. The fourth-order valence-electron chi connectivity index (χ4n) is 0.772. The van der Waals surface area contributed by atoms with Crippen molar-refractivity contribution in [1.29, 1.82) is 0 Å². The van der Waals surface area contributed by atoms with Gasteiger partial charge >= 0.3 is 7.82 Å². The van der Waals surface area contributed by atoms with Gasteiger partial charge in [-0.1, -0.05) is 0 Å². The lowest BCUT2D eigenvalue weighted by Crippen LogP contribution is -2.16. The molecule has 0 radical (unpaired) electrons. The highest BCUT2D eigenvalue weighted by molar-refractivity contribution is 7.52. The summed E-state index contributed by atoms with van der Waals surface area (Å²) in [7, 11) is -5.22. The van der Waals surface area contributed by atoms with E-state index in [1.54, 1.807) is 13.8 Å². The Morgan fingerprint density at radius 3 is 1.77 bits per heavy atom. The van der Waals surface area contributed by atoms with Crippen LogP contribution < -0.4 is 0 Å². The summed E-state index contributed by atoms with van der Waals surface area (Å²) in [6.07, 6.45) is 0. The zero-order valence-corrected chi connectivity index (χ0v) is 10.9. The molecule has 0 spiro atoms. The molecule has 0 amide bonds. The monoisotopic (exact) mass is 227 g/mol. The highest BCUT2D eigenvalue weighted by atomic mass is 31.2. The SMILES string of the molecule is CCOP(F)(=N[Si](C)(C)C)OCC. The summed E-state index contributed by atoms with van der Waals surface area (Å²) in [5.74, 6) is 0. The standard InChI is InChI=1S/C7H19FNO2PSi/c1-6-10-12(8,11-7-2)9-13(3,4)5/h6-7H2,1-5H3. The van der Waals surface area contributed by atoms with Gasteiger partial charge in [0.25, 0.3) is 0 Å². The van der Waals surface area contributed by atoms with Crippen LogP contribution in [0.25, 0.3) is 0 Å². The number of nitrogens with zero attached hydrogens (tertiary/aromatic N) is 1. The molecule has 6 heteroatoms. The number of hydrogen-bond donors (Lipinski definition) is 0. The zero-order chi connectivity index (χ0) is 10.5. The van der Waals surface area contributed by atoms with Crippen molar-refractivity contribution in [2.45, 2.75) is 33.5 Å². The topological polar surface area (TPSA) is 30.8 Å². The van der Waals surface area contributed by atoms with Gasteiger partial charge in [-0.25, -0.2) is 0 Å². The molecule has 0 aromatic rings.